The molecule has 0 aliphatic rings. The SMILES string of the molecule is CC.CC.CC.CC.CC.CC.CC.CC.CC(C)CCOC(C)C.CC(C)OC(C)(C)C.CC(C)OC(C)C.CCC(C)(C)OC(C)C.CCC(CC)OC(C)C.CCCC(C)(C)OC(C)C.CCCCCOC(C)C.CCOC(C)C.CC[C@@H](C)OC(C)C.CC[C@H](C)OC(C)C. The third-order valence-corrected chi connectivity index (χ3v) is 10.3. The van der Waals surface area contributed by atoms with Gasteiger partial charge in [-0.05, 0) is 279 Å². The fourth-order valence-corrected chi connectivity index (χ4v) is 6.80. The van der Waals surface area contributed by atoms with Crippen molar-refractivity contribution < 1.29 is 47.4 Å². The second-order valence-corrected chi connectivity index (χ2v) is 27.1. The fraction of sp³-hybridized carbons (Fsp3) is 1.00. The van der Waals surface area contributed by atoms with Crippen molar-refractivity contribution in [3.8, 4) is 0 Å². The van der Waals surface area contributed by atoms with Gasteiger partial charge in [0.25, 0.3) is 0 Å². The minimum Gasteiger partial charge on any atom is -0.379 e. The second kappa shape index (κ2) is 121. The molecule has 0 aromatic carbocycles. The summed E-state index contributed by atoms with van der Waals surface area (Å²) in [5, 5.41) is 0. The third kappa shape index (κ3) is 243. The molecule has 0 fully saturated rings. The largest absolute Gasteiger partial charge is 0.379 e. The first-order valence-corrected chi connectivity index (χ1v) is 42.2. The van der Waals surface area contributed by atoms with E-state index in [2.05, 4.69) is 222 Å². The number of hydrogen-bond donors (Lipinski definition) is 0. The van der Waals surface area contributed by atoms with Gasteiger partial charge in [0.1, 0.15) is 0 Å². The van der Waals surface area contributed by atoms with Crippen LogP contribution in [0.15, 0.2) is 0 Å². The monoisotopic (exact) mass is 1440 g/mol. The molecule has 0 spiro atoms. The lowest BCUT2D eigenvalue weighted by atomic mass is 10.0. The summed E-state index contributed by atoms with van der Waals surface area (Å²) < 4.78 is 54.0. The number of ether oxygens (including phenoxy) is 10. The predicted octanol–water partition coefficient (Wildman–Crippen LogP) is 31.3. The van der Waals surface area contributed by atoms with E-state index in [1.807, 2.05) is 173 Å². The Morgan fingerprint density at radius 2 is 0.545 bits per heavy atom. The average molecular weight is 1440 g/mol. The first-order chi connectivity index (χ1) is 45.7. The summed E-state index contributed by atoms with van der Waals surface area (Å²) in [4.78, 5) is 0. The smallest absolute Gasteiger partial charge is 0.0629 e. The number of hydrogen-bond acceptors (Lipinski definition) is 10. The van der Waals surface area contributed by atoms with Gasteiger partial charge < -0.3 is 47.4 Å². The van der Waals surface area contributed by atoms with Gasteiger partial charge in [-0.15, -0.1) is 0 Å². The molecule has 0 amide bonds. The van der Waals surface area contributed by atoms with Gasteiger partial charge in [-0.3, -0.25) is 0 Å². The lowest BCUT2D eigenvalue weighted by Crippen LogP contribution is -2.27. The van der Waals surface area contributed by atoms with Crippen LogP contribution in [-0.4, -0.2) is 122 Å². The van der Waals surface area contributed by atoms with E-state index in [-0.39, 0.29) is 16.8 Å². The van der Waals surface area contributed by atoms with Gasteiger partial charge >= 0.3 is 0 Å². The van der Waals surface area contributed by atoms with Gasteiger partial charge in [-0.2, -0.15) is 0 Å². The van der Waals surface area contributed by atoms with Gasteiger partial charge in [0.15, 0.2) is 0 Å². The molecule has 0 N–H and O–H groups in total. The zero-order valence-electron chi connectivity index (χ0n) is 81.1. The second-order valence-electron chi connectivity index (χ2n) is 27.1. The van der Waals surface area contributed by atoms with Crippen molar-refractivity contribution in [3.05, 3.63) is 0 Å². The molecule has 0 bridgehead atoms. The molecule has 630 valence electrons. The van der Waals surface area contributed by atoms with Crippen LogP contribution in [0.3, 0.4) is 0 Å². The van der Waals surface area contributed by atoms with Crippen LogP contribution < -0.4 is 0 Å². The van der Waals surface area contributed by atoms with Crippen LogP contribution in [0.4, 0.5) is 0 Å². The normalized spacial score (nSPS) is 10.7. The molecule has 99 heavy (non-hydrogen) atoms. The van der Waals surface area contributed by atoms with Crippen molar-refractivity contribution in [2.75, 3.05) is 19.8 Å². The minimum atomic E-state index is 0.0220. The quantitative estimate of drug-likeness (QED) is 0.0625. The molecule has 10 nitrogen and oxygen atoms in total. The molecule has 0 unspecified atom stereocenters. The number of unbranched alkanes of at least 4 members (excludes halogenated alkanes) is 2. The van der Waals surface area contributed by atoms with Gasteiger partial charge in [0, 0.05) is 19.8 Å². The first-order valence-electron chi connectivity index (χ1n) is 42.2. The minimum absolute atomic E-state index is 0.0220. The first kappa shape index (κ1) is 145. The Morgan fingerprint density at radius 1 is 0.263 bits per heavy atom. The third-order valence-electron chi connectivity index (χ3n) is 10.3. The molecule has 0 aromatic rings. The molecule has 0 radical (unpaired) electrons. The Bertz CT molecular complexity index is 1090. The molecule has 0 aliphatic heterocycles. The Labute approximate surface area is 637 Å². The Balaban J connectivity index is -0.0000000450. The van der Waals surface area contributed by atoms with Crippen LogP contribution in [0, 0.1) is 5.92 Å². The summed E-state index contributed by atoms with van der Waals surface area (Å²) >= 11 is 0. The molecule has 0 heterocycles. The van der Waals surface area contributed by atoms with Crippen LogP contribution in [0.5, 0.6) is 0 Å². The van der Waals surface area contributed by atoms with Gasteiger partial charge in [0.05, 0.1) is 102 Å². The standard InChI is InChI=1S/C9H20O.4C8H18O.3C7H16O.C6H14O.C5H12O.8C2H6/c1-6-7-9(4,5)10-8(2)3;1-7(2)5-6-9-8(3)4;1-6-8(4,5)9-7(2)3;1-5-8(6-2)9-7(3)4;1-4-5-6-7-9-8(2)3;1-6(2)8-7(3,4)5;2*1-5-7(4)8-6(2)3;1-5(2)7-6(3)4;1-4-6-5(2)3;8*1-2/h8H,6-7H2,1-5H3;7-8H,5-6H2,1-4H3;7H,6H2,1-5H3;7-8H,5-6H2,1-4H3;8H,4-7H2,1-3H3;6H,1-5H3;2*6-7H,5H2,1-4H3;5-6H,1-4H3;5H,4H2,1-3H3;8*1-2H3/t;;;;;;2*7-;;;;;;;;;;/m......10........../s1. The van der Waals surface area contributed by atoms with E-state index in [1.165, 1.54) is 32.1 Å². The van der Waals surface area contributed by atoms with Crippen LogP contribution in [0.2, 0.25) is 0 Å². The van der Waals surface area contributed by atoms with E-state index in [4.69, 9.17) is 47.4 Å². The highest BCUT2D eigenvalue weighted by Gasteiger charge is 2.18. The molecule has 2 atom stereocenters. The van der Waals surface area contributed by atoms with Gasteiger partial charge in [0.2, 0.25) is 0 Å². The summed E-state index contributed by atoms with van der Waals surface area (Å²) in [6.45, 7) is 120. The Hall–Kier alpha value is -0.400. The van der Waals surface area contributed by atoms with Gasteiger partial charge in [-0.25, -0.2) is 0 Å². The maximum atomic E-state index is 5.68. The maximum absolute atomic E-state index is 5.68. The predicted molar refractivity (Wildman–Crippen MR) is 464 cm³/mol. The van der Waals surface area contributed by atoms with Crippen LogP contribution in [0.1, 0.15) is 465 Å². The Kier molecular flexibility index (Phi) is 177. The maximum Gasteiger partial charge on any atom is 0.0629 e. The lowest BCUT2D eigenvalue weighted by molar-refractivity contribution is -0.0606. The molecular weight excluding hydrogens is 1230 g/mol. The van der Waals surface area contributed by atoms with E-state index in [0.717, 1.165) is 64.3 Å². The van der Waals surface area contributed by atoms with E-state index >= 15 is 0 Å². The highest BCUT2D eigenvalue weighted by atomic mass is 16.5. The summed E-state index contributed by atoms with van der Waals surface area (Å²) in [6.07, 6.45) is 18.3. The van der Waals surface area contributed by atoms with Crippen LogP contribution >= 0.6 is 0 Å². The molecule has 0 rings (SSSR count). The van der Waals surface area contributed by atoms with Crippen molar-refractivity contribution in [1.82, 2.24) is 0 Å². The van der Waals surface area contributed by atoms with Crippen molar-refractivity contribution >= 4 is 0 Å². The molecule has 0 saturated carbocycles. The van der Waals surface area contributed by atoms with Crippen molar-refractivity contribution in [3.63, 3.8) is 0 Å². The van der Waals surface area contributed by atoms with E-state index in [9.17, 15) is 0 Å². The summed E-state index contributed by atoms with van der Waals surface area (Å²) in [5.74, 6) is 0.767. The number of rotatable bonds is 31. The van der Waals surface area contributed by atoms with E-state index < -0.39 is 0 Å². The van der Waals surface area contributed by atoms with Crippen molar-refractivity contribution in [2.45, 2.75) is 568 Å². The zero-order chi connectivity index (χ0) is 84.1. The van der Waals surface area contributed by atoms with E-state index in [1.54, 1.807) is 0 Å². The van der Waals surface area contributed by atoms with Crippen LogP contribution in [-0.2, 0) is 47.4 Å². The average Bonchev–Trinajstić information content (AvgIpc) is 1.58. The molecule has 0 aromatic heterocycles. The molecule has 10 heteroatoms. The Morgan fingerprint density at radius 3 is 0.677 bits per heavy atom. The van der Waals surface area contributed by atoms with Crippen molar-refractivity contribution in [2.24, 2.45) is 5.92 Å². The van der Waals surface area contributed by atoms with Crippen LogP contribution in [0.25, 0.3) is 0 Å². The topological polar surface area (TPSA) is 92.3 Å². The highest BCUT2D eigenvalue weighted by Crippen LogP contribution is 2.18. The fourth-order valence-electron chi connectivity index (χ4n) is 6.80. The zero-order valence-corrected chi connectivity index (χ0v) is 81.1. The summed E-state index contributed by atoms with van der Waals surface area (Å²) in [6, 6.07) is 0. The molecular formula is C89H214O10. The summed E-state index contributed by atoms with van der Waals surface area (Å²) in [5.41, 5.74) is 0.158. The molecule has 0 aliphatic carbocycles. The van der Waals surface area contributed by atoms with Crippen molar-refractivity contribution in [1.29, 1.82) is 0 Å². The summed E-state index contributed by atoms with van der Waals surface area (Å²) in [7, 11) is 0. The lowest BCUT2D eigenvalue weighted by Gasteiger charge is -2.27. The van der Waals surface area contributed by atoms with E-state index in [0.29, 0.717) is 85.5 Å². The van der Waals surface area contributed by atoms with Gasteiger partial charge in [-0.1, -0.05) is 192 Å². The highest BCUT2D eigenvalue weighted by molar-refractivity contribution is 4.68. The molecule has 0 saturated heterocycles.